The van der Waals surface area contributed by atoms with E-state index in [0.29, 0.717) is 10.8 Å². The topological polar surface area (TPSA) is 96.0 Å². The van der Waals surface area contributed by atoms with Crippen molar-refractivity contribution in [2.24, 2.45) is 0 Å². The quantitative estimate of drug-likeness (QED) is 0.719. The first-order chi connectivity index (χ1) is 8.83. The third-order valence-electron chi connectivity index (χ3n) is 2.35. The Hall–Kier alpha value is -1.84. The molecule has 9 heteroatoms. The molecule has 0 aliphatic carbocycles. The van der Waals surface area contributed by atoms with Crippen LogP contribution in [-0.4, -0.2) is 16.8 Å². The van der Waals surface area contributed by atoms with Crippen LogP contribution in [0.3, 0.4) is 0 Å². The summed E-state index contributed by atoms with van der Waals surface area (Å²) in [7, 11) is -9.54. The van der Waals surface area contributed by atoms with Gasteiger partial charge in [-0.3, -0.25) is 0 Å². The molecule has 2 aliphatic heterocycles. The summed E-state index contributed by atoms with van der Waals surface area (Å²) in [5, 5.41) is 1.33. The predicted molar refractivity (Wildman–Crippen MR) is 64.1 cm³/mol. The highest BCUT2D eigenvalue weighted by atomic mass is 32.3. The van der Waals surface area contributed by atoms with Gasteiger partial charge in [0, 0.05) is 0 Å². The molecule has 19 heavy (non-hydrogen) atoms. The molecular weight excluding hydrogens is 296 g/mol. The van der Waals surface area contributed by atoms with Crippen LogP contribution in [-0.2, 0) is 24.4 Å². The predicted octanol–water partition coefficient (Wildman–Crippen LogP) is 1.12. The van der Waals surface area contributed by atoms with Crippen LogP contribution < -0.4 is 8.37 Å². The van der Waals surface area contributed by atoms with Gasteiger partial charge >= 0.3 is 20.8 Å². The van der Waals surface area contributed by atoms with Gasteiger partial charge in [0.2, 0.25) is 0 Å². The van der Waals surface area contributed by atoms with Crippen molar-refractivity contribution >= 4 is 31.6 Å². The van der Waals surface area contributed by atoms with Crippen molar-refractivity contribution in [2.45, 2.75) is 0 Å². The first-order valence-corrected chi connectivity index (χ1v) is 7.63. The first kappa shape index (κ1) is 12.2. The summed E-state index contributed by atoms with van der Waals surface area (Å²) in [6.07, 6.45) is 0. The fourth-order valence-corrected chi connectivity index (χ4v) is 3.39. The first-order valence-electron chi connectivity index (χ1n) is 4.97. The Morgan fingerprint density at radius 1 is 0.684 bits per heavy atom. The SMILES string of the molecule is O=S1(=O)Oc2ccc3cc(ccc3c2)OS(=O)(=O)O1. The lowest BCUT2D eigenvalue weighted by Gasteiger charge is -2.05. The summed E-state index contributed by atoms with van der Waals surface area (Å²) >= 11 is 0. The molecule has 0 saturated heterocycles. The van der Waals surface area contributed by atoms with E-state index in [9.17, 15) is 16.8 Å². The Labute approximate surface area is 109 Å². The van der Waals surface area contributed by atoms with E-state index in [2.05, 4.69) is 12.0 Å². The second-order valence-electron chi connectivity index (χ2n) is 3.72. The molecule has 0 spiro atoms. The molecule has 0 aromatic heterocycles. The van der Waals surface area contributed by atoms with E-state index in [1.54, 1.807) is 12.1 Å². The van der Waals surface area contributed by atoms with E-state index in [-0.39, 0.29) is 11.5 Å². The molecule has 0 radical (unpaired) electrons. The lowest BCUT2D eigenvalue weighted by molar-refractivity contribution is 0.352. The second kappa shape index (κ2) is 3.83. The molecule has 100 valence electrons. The minimum Gasteiger partial charge on any atom is -0.361 e. The number of fused-ring (bicyclic) bond motifs is 6. The van der Waals surface area contributed by atoms with Gasteiger partial charge in [0.05, 0.1) is 0 Å². The second-order valence-corrected chi connectivity index (χ2v) is 6.23. The number of hydrogen-bond donors (Lipinski definition) is 0. The van der Waals surface area contributed by atoms with Gasteiger partial charge < -0.3 is 8.37 Å². The van der Waals surface area contributed by atoms with Gasteiger partial charge in [0.15, 0.2) is 0 Å². The van der Waals surface area contributed by atoms with Gasteiger partial charge in [-0.25, -0.2) is 0 Å². The molecule has 0 N–H and O–H groups in total. The lowest BCUT2D eigenvalue weighted by atomic mass is 10.1. The third-order valence-corrected chi connectivity index (χ3v) is 4.47. The van der Waals surface area contributed by atoms with Crippen LogP contribution in [0.15, 0.2) is 36.4 Å². The Kier molecular flexibility index (Phi) is 2.46. The molecule has 2 heterocycles. The standard InChI is InChI=1S/C10H6O7S2/c11-18(12)15-9-3-1-7-5-10(4-2-8(7)6-9)16-19(13,14)17-18/h1-6H. The van der Waals surface area contributed by atoms with Crippen LogP contribution in [0.4, 0.5) is 0 Å². The Balaban J connectivity index is 2.30. The van der Waals surface area contributed by atoms with Crippen LogP contribution >= 0.6 is 0 Å². The normalized spacial score (nSPS) is 19.8. The van der Waals surface area contributed by atoms with Gasteiger partial charge in [0.25, 0.3) is 0 Å². The van der Waals surface area contributed by atoms with Crippen LogP contribution in [0.2, 0.25) is 0 Å². The molecule has 2 aromatic rings. The number of benzene rings is 2. The summed E-state index contributed by atoms with van der Waals surface area (Å²) in [4.78, 5) is 0. The van der Waals surface area contributed by atoms with Crippen LogP contribution in [0, 0.1) is 0 Å². The molecule has 0 saturated carbocycles. The van der Waals surface area contributed by atoms with Crippen LogP contribution in [0.1, 0.15) is 0 Å². The van der Waals surface area contributed by atoms with E-state index in [1.165, 1.54) is 24.3 Å². The van der Waals surface area contributed by atoms with Crippen molar-refractivity contribution in [3.63, 3.8) is 0 Å². The molecule has 0 fully saturated rings. The van der Waals surface area contributed by atoms with Crippen molar-refractivity contribution in [2.75, 3.05) is 0 Å². The molecule has 0 atom stereocenters. The maximum atomic E-state index is 11.4. The highest BCUT2D eigenvalue weighted by molar-refractivity contribution is 7.95. The molecule has 4 bridgehead atoms. The van der Waals surface area contributed by atoms with Crippen molar-refractivity contribution in [3.05, 3.63) is 36.4 Å². The van der Waals surface area contributed by atoms with Gasteiger partial charge in [-0.15, -0.1) is 0 Å². The fourth-order valence-electron chi connectivity index (χ4n) is 1.67. The van der Waals surface area contributed by atoms with Crippen molar-refractivity contribution in [1.82, 2.24) is 0 Å². The third kappa shape index (κ3) is 2.48. The summed E-state index contributed by atoms with van der Waals surface area (Å²) in [5.41, 5.74) is 0. The number of hydrogen-bond acceptors (Lipinski definition) is 7. The van der Waals surface area contributed by atoms with E-state index < -0.39 is 20.8 Å². The van der Waals surface area contributed by atoms with E-state index in [1.807, 2.05) is 0 Å². The highest BCUT2D eigenvalue weighted by Gasteiger charge is 2.28. The molecule has 7 nitrogen and oxygen atoms in total. The maximum Gasteiger partial charge on any atom is 0.466 e. The highest BCUT2D eigenvalue weighted by Crippen LogP contribution is 2.28. The van der Waals surface area contributed by atoms with Crippen LogP contribution in [0.5, 0.6) is 11.5 Å². The molecule has 2 aliphatic rings. The van der Waals surface area contributed by atoms with Crippen molar-refractivity contribution in [1.29, 1.82) is 0 Å². The number of rotatable bonds is 0. The maximum absolute atomic E-state index is 11.4. The van der Waals surface area contributed by atoms with E-state index in [4.69, 9.17) is 0 Å². The minimum absolute atomic E-state index is 0.0580. The van der Waals surface area contributed by atoms with Crippen molar-refractivity contribution in [3.8, 4) is 11.5 Å². The van der Waals surface area contributed by atoms with Gasteiger partial charge in [0.1, 0.15) is 11.5 Å². The zero-order chi connectivity index (χ0) is 13.7. The van der Waals surface area contributed by atoms with E-state index >= 15 is 0 Å². The molecule has 0 unspecified atom stereocenters. The van der Waals surface area contributed by atoms with E-state index in [0.717, 1.165) is 0 Å². The van der Waals surface area contributed by atoms with Gasteiger partial charge in [-0.2, -0.15) is 16.8 Å². The Morgan fingerprint density at radius 2 is 1.11 bits per heavy atom. The lowest BCUT2D eigenvalue weighted by Crippen LogP contribution is -2.21. The van der Waals surface area contributed by atoms with Gasteiger partial charge in [-0.1, -0.05) is 15.8 Å². The largest absolute Gasteiger partial charge is 0.466 e. The van der Waals surface area contributed by atoms with Crippen molar-refractivity contribution < 1.29 is 28.8 Å². The summed E-state index contributed by atoms with van der Waals surface area (Å²) in [6, 6.07) is 8.79. The summed E-state index contributed by atoms with van der Waals surface area (Å²) in [6.45, 7) is 0. The average Bonchev–Trinajstić information content (AvgIpc) is 2.28. The molecule has 4 rings (SSSR count). The molecule has 2 aromatic carbocycles. The van der Waals surface area contributed by atoms with Gasteiger partial charge in [-0.05, 0) is 35.0 Å². The Bertz CT molecular complexity index is 795. The minimum atomic E-state index is -4.77. The van der Waals surface area contributed by atoms with Crippen LogP contribution in [0.25, 0.3) is 10.8 Å². The zero-order valence-corrected chi connectivity index (χ0v) is 10.8. The molecule has 0 amide bonds. The summed E-state index contributed by atoms with van der Waals surface area (Å²) in [5.74, 6) is -0.116. The molecular formula is C10H6O7S2. The smallest absolute Gasteiger partial charge is 0.361 e. The summed E-state index contributed by atoms with van der Waals surface area (Å²) < 4.78 is 58.5. The monoisotopic (exact) mass is 302 g/mol. The Morgan fingerprint density at radius 3 is 1.53 bits per heavy atom. The zero-order valence-electron chi connectivity index (χ0n) is 9.14. The average molecular weight is 302 g/mol. The fraction of sp³-hybridized carbons (Fsp3) is 0.